The van der Waals surface area contributed by atoms with E-state index in [0.29, 0.717) is 20.3 Å². The maximum Gasteiger partial charge on any atom is 0.475 e. The van der Waals surface area contributed by atoms with Crippen molar-refractivity contribution in [2.24, 2.45) is 0 Å². The van der Waals surface area contributed by atoms with E-state index in [4.69, 9.17) is 0 Å². The standard InChI is InChI=1S/C18H9ClF16O7/c1-38-9(36)6-3-7(10(37)39-2)5-8(4-6)40-18(34,35)13(19,23)42-17(32,33)12(22,15(27,28)29)41-16(30,31)11(20,21)14(24,25)26/h3-5H,1-2H3. The number of benzene rings is 1. The zero-order valence-corrected chi connectivity index (χ0v) is 20.3. The Balaban J connectivity index is 3.59. The van der Waals surface area contributed by atoms with Crippen LogP contribution in [0.2, 0.25) is 0 Å². The molecule has 0 aliphatic heterocycles. The number of hydrogen-bond acceptors (Lipinski definition) is 7. The minimum Gasteiger partial charge on any atom is -0.465 e. The summed E-state index contributed by atoms with van der Waals surface area (Å²) in [5.74, 6) is -20.4. The average molecular weight is 677 g/mol. The van der Waals surface area contributed by atoms with E-state index in [1.165, 1.54) is 4.74 Å². The summed E-state index contributed by atoms with van der Waals surface area (Å²) in [5.41, 5.74) is -1.84. The molecule has 0 radical (unpaired) electrons. The Morgan fingerprint density at radius 3 is 1.33 bits per heavy atom. The minimum atomic E-state index is -7.97. The SMILES string of the molecule is COC(=O)c1cc(OC(F)(F)C(F)(Cl)OC(F)(F)C(F)(OC(F)(F)C(F)(F)C(F)(F)F)C(F)(F)F)cc(C(=O)OC)c1. The summed E-state index contributed by atoms with van der Waals surface area (Å²) in [6, 6.07) is 0.788. The molecule has 42 heavy (non-hydrogen) atoms. The van der Waals surface area contributed by atoms with Gasteiger partial charge in [-0.05, 0) is 29.8 Å². The Morgan fingerprint density at radius 1 is 0.595 bits per heavy atom. The predicted molar refractivity (Wildman–Crippen MR) is 97.3 cm³/mol. The molecule has 0 fully saturated rings. The van der Waals surface area contributed by atoms with Gasteiger partial charge in [-0.2, -0.15) is 70.2 Å². The van der Waals surface area contributed by atoms with Gasteiger partial charge >= 0.3 is 59.7 Å². The lowest BCUT2D eigenvalue weighted by atomic mass is 10.1. The smallest absolute Gasteiger partial charge is 0.465 e. The van der Waals surface area contributed by atoms with Crippen molar-refractivity contribution >= 4 is 23.5 Å². The lowest BCUT2D eigenvalue weighted by Crippen LogP contribution is -2.67. The molecule has 0 aromatic heterocycles. The van der Waals surface area contributed by atoms with Gasteiger partial charge in [0.25, 0.3) is 0 Å². The second kappa shape index (κ2) is 11.3. The van der Waals surface area contributed by atoms with E-state index in [9.17, 15) is 79.8 Å². The van der Waals surface area contributed by atoms with Gasteiger partial charge in [-0.3, -0.25) is 9.47 Å². The first kappa shape index (κ1) is 37.1. The largest absolute Gasteiger partial charge is 0.475 e. The third kappa shape index (κ3) is 6.98. The number of methoxy groups -OCH3 is 2. The van der Waals surface area contributed by atoms with Crippen molar-refractivity contribution in [2.75, 3.05) is 14.2 Å². The molecule has 0 aliphatic carbocycles. The van der Waals surface area contributed by atoms with Crippen molar-refractivity contribution in [3.63, 3.8) is 0 Å². The second-order valence-corrected chi connectivity index (χ2v) is 7.75. The van der Waals surface area contributed by atoms with Crippen LogP contribution in [0.1, 0.15) is 20.7 Å². The highest BCUT2D eigenvalue weighted by Crippen LogP contribution is 2.57. The van der Waals surface area contributed by atoms with Crippen LogP contribution in [-0.2, 0) is 18.9 Å². The van der Waals surface area contributed by atoms with Gasteiger partial charge in [0, 0.05) is 0 Å². The monoisotopic (exact) mass is 676 g/mol. The van der Waals surface area contributed by atoms with E-state index in [0.717, 1.165) is 0 Å². The van der Waals surface area contributed by atoms with Gasteiger partial charge in [0.1, 0.15) is 5.75 Å². The Bertz CT molecular complexity index is 1130. The third-order valence-corrected chi connectivity index (χ3v) is 4.62. The van der Waals surface area contributed by atoms with Crippen LogP contribution < -0.4 is 4.74 Å². The van der Waals surface area contributed by atoms with Crippen molar-refractivity contribution in [1.82, 2.24) is 0 Å². The fourth-order valence-electron chi connectivity index (χ4n) is 2.31. The number of alkyl halides is 17. The highest BCUT2D eigenvalue weighted by Gasteiger charge is 2.85. The predicted octanol–water partition coefficient (Wildman–Crippen LogP) is 6.74. The van der Waals surface area contributed by atoms with Crippen molar-refractivity contribution in [3.8, 4) is 5.75 Å². The van der Waals surface area contributed by atoms with E-state index in [2.05, 4.69) is 30.5 Å². The Kier molecular flexibility index (Phi) is 9.96. The molecule has 2 unspecified atom stereocenters. The van der Waals surface area contributed by atoms with Crippen LogP contribution in [0, 0.1) is 0 Å². The van der Waals surface area contributed by atoms with Crippen molar-refractivity contribution in [1.29, 1.82) is 0 Å². The van der Waals surface area contributed by atoms with Gasteiger partial charge < -0.3 is 14.2 Å². The van der Waals surface area contributed by atoms with E-state index in [1.807, 2.05) is 0 Å². The van der Waals surface area contributed by atoms with Crippen molar-refractivity contribution in [3.05, 3.63) is 29.3 Å². The first-order chi connectivity index (χ1) is 18.4. The molecule has 0 spiro atoms. The zero-order chi connectivity index (χ0) is 33.5. The van der Waals surface area contributed by atoms with E-state index >= 15 is 0 Å². The van der Waals surface area contributed by atoms with Crippen molar-refractivity contribution < 1.29 is 104 Å². The molecule has 0 heterocycles. The molecule has 0 N–H and O–H groups in total. The lowest BCUT2D eigenvalue weighted by molar-refractivity contribution is -0.547. The molecule has 1 aromatic carbocycles. The van der Waals surface area contributed by atoms with Crippen LogP contribution in [0.25, 0.3) is 0 Å². The summed E-state index contributed by atoms with van der Waals surface area (Å²) < 4.78 is 228. The molecular formula is C18H9ClF16O7. The number of esters is 2. The summed E-state index contributed by atoms with van der Waals surface area (Å²) in [6.45, 7) is 0. The van der Waals surface area contributed by atoms with E-state index in [-0.39, 0.29) is 12.1 Å². The Morgan fingerprint density at radius 2 is 1.00 bits per heavy atom. The lowest BCUT2D eigenvalue weighted by Gasteiger charge is -2.39. The number of rotatable bonds is 11. The van der Waals surface area contributed by atoms with Crippen molar-refractivity contribution in [2.45, 2.75) is 47.8 Å². The molecule has 1 aromatic rings. The van der Waals surface area contributed by atoms with Crippen LogP contribution in [0.5, 0.6) is 5.75 Å². The maximum atomic E-state index is 14.4. The van der Waals surface area contributed by atoms with Crippen LogP contribution in [0.3, 0.4) is 0 Å². The fourth-order valence-corrected chi connectivity index (χ4v) is 2.45. The fraction of sp³-hybridized carbons (Fsp3) is 0.556. The van der Waals surface area contributed by atoms with Crippen LogP contribution in [0.4, 0.5) is 70.2 Å². The molecule has 1 rings (SSSR count). The van der Waals surface area contributed by atoms with Crippen LogP contribution >= 0.6 is 11.6 Å². The quantitative estimate of drug-likeness (QED) is 0.146. The summed E-state index contributed by atoms with van der Waals surface area (Å²) in [4.78, 5) is 23.3. The molecule has 0 bridgehead atoms. The number of carbonyl (C=O) groups is 2. The topological polar surface area (TPSA) is 80.3 Å². The molecule has 2 atom stereocenters. The summed E-state index contributed by atoms with van der Waals surface area (Å²) in [6.07, 6.45) is -37.5. The number of halogens is 17. The van der Waals surface area contributed by atoms with Gasteiger partial charge in [-0.25, -0.2) is 9.59 Å². The molecule has 7 nitrogen and oxygen atoms in total. The maximum absolute atomic E-state index is 14.4. The third-order valence-electron chi connectivity index (χ3n) is 4.32. The molecular weight excluding hydrogens is 668 g/mol. The summed E-state index contributed by atoms with van der Waals surface area (Å²) in [7, 11) is 1.37. The Labute approximate surface area is 225 Å². The zero-order valence-electron chi connectivity index (χ0n) is 19.5. The van der Waals surface area contributed by atoms with Gasteiger partial charge in [0.05, 0.1) is 25.3 Å². The van der Waals surface area contributed by atoms with Gasteiger partial charge in [0.15, 0.2) is 0 Å². The van der Waals surface area contributed by atoms with E-state index in [1.54, 1.807) is 0 Å². The van der Waals surface area contributed by atoms with Gasteiger partial charge in [0.2, 0.25) is 0 Å². The number of hydrogen-bond donors (Lipinski definition) is 0. The van der Waals surface area contributed by atoms with Gasteiger partial charge in [-0.1, -0.05) is 0 Å². The average Bonchev–Trinajstić information content (AvgIpc) is 2.79. The first-order valence-electron chi connectivity index (χ1n) is 9.55. The van der Waals surface area contributed by atoms with Gasteiger partial charge in [-0.15, -0.1) is 0 Å². The minimum absolute atomic E-state index is 0.120. The second-order valence-electron chi connectivity index (χ2n) is 7.27. The normalized spacial score (nSPS) is 16.7. The molecule has 0 saturated carbocycles. The molecule has 242 valence electrons. The molecule has 24 heteroatoms. The highest BCUT2D eigenvalue weighted by atomic mass is 35.5. The van der Waals surface area contributed by atoms with E-state index < -0.39 is 76.6 Å². The number of carbonyl (C=O) groups excluding carboxylic acids is 2. The molecule has 0 amide bonds. The summed E-state index contributed by atoms with van der Waals surface area (Å²) in [5, 5.41) is -6.38. The number of ether oxygens (including phenoxy) is 5. The van der Waals surface area contributed by atoms with Crippen LogP contribution in [0.15, 0.2) is 18.2 Å². The highest BCUT2D eigenvalue weighted by molar-refractivity contribution is 6.22. The molecule has 0 aliphatic rings. The Hall–Kier alpha value is -2.95. The van der Waals surface area contributed by atoms with Crippen LogP contribution in [-0.4, -0.2) is 73.9 Å². The summed E-state index contributed by atoms with van der Waals surface area (Å²) >= 11 is 4.28. The molecule has 0 saturated heterocycles. The first-order valence-corrected chi connectivity index (χ1v) is 9.93.